The summed E-state index contributed by atoms with van der Waals surface area (Å²) in [6.07, 6.45) is 3.53. The second-order valence-electron chi connectivity index (χ2n) is 5.19. The van der Waals surface area contributed by atoms with Crippen LogP contribution in [0.2, 0.25) is 0 Å². The van der Waals surface area contributed by atoms with Crippen LogP contribution in [0, 0.1) is 11.8 Å². The van der Waals surface area contributed by atoms with Crippen LogP contribution in [0.3, 0.4) is 0 Å². The van der Waals surface area contributed by atoms with Crippen LogP contribution in [0.1, 0.15) is 36.9 Å². The van der Waals surface area contributed by atoms with E-state index in [1.165, 1.54) is 17.5 Å². The first kappa shape index (κ1) is 10.2. The fourth-order valence-corrected chi connectivity index (χ4v) is 2.76. The molecule has 0 bridgehead atoms. The number of benzene rings is 1. The third-order valence-electron chi connectivity index (χ3n) is 3.96. The first-order valence-electron chi connectivity index (χ1n) is 6.27. The highest BCUT2D eigenvalue weighted by molar-refractivity contribution is 5.45. The number of rotatable bonds is 2. The summed E-state index contributed by atoms with van der Waals surface area (Å²) in [6, 6.07) is 6.60. The van der Waals surface area contributed by atoms with Crippen molar-refractivity contribution in [2.24, 2.45) is 17.6 Å². The average molecular weight is 217 g/mol. The molecule has 86 valence electrons. The highest BCUT2D eigenvalue weighted by Gasteiger charge is 2.39. The molecule has 1 aliphatic heterocycles. The van der Waals surface area contributed by atoms with Crippen LogP contribution in [0.25, 0.3) is 0 Å². The SMILES string of the molecule is CC1CC1C(N)c1cccc2c1OCCC2. The van der Waals surface area contributed by atoms with Gasteiger partial charge in [-0.15, -0.1) is 0 Å². The Kier molecular flexibility index (Phi) is 2.40. The predicted octanol–water partition coefficient (Wildman–Crippen LogP) is 2.67. The first-order valence-corrected chi connectivity index (χ1v) is 6.27. The molecule has 2 nitrogen and oxygen atoms in total. The van der Waals surface area contributed by atoms with E-state index in [0.717, 1.165) is 31.1 Å². The van der Waals surface area contributed by atoms with Gasteiger partial charge in [0.2, 0.25) is 0 Å². The summed E-state index contributed by atoms with van der Waals surface area (Å²) >= 11 is 0. The maximum absolute atomic E-state index is 6.33. The molecule has 2 aliphatic rings. The Morgan fingerprint density at radius 3 is 3.00 bits per heavy atom. The largest absolute Gasteiger partial charge is 0.493 e. The molecule has 1 aliphatic carbocycles. The normalized spacial score (nSPS) is 29.1. The molecular weight excluding hydrogens is 198 g/mol. The van der Waals surface area contributed by atoms with Crippen molar-refractivity contribution < 1.29 is 4.74 Å². The van der Waals surface area contributed by atoms with E-state index in [-0.39, 0.29) is 6.04 Å². The van der Waals surface area contributed by atoms with Gasteiger partial charge in [-0.25, -0.2) is 0 Å². The topological polar surface area (TPSA) is 35.2 Å². The third-order valence-corrected chi connectivity index (χ3v) is 3.96. The third kappa shape index (κ3) is 1.61. The minimum atomic E-state index is 0.169. The van der Waals surface area contributed by atoms with Crippen molar-refractivity contribution in [3.63, 3.8) is 0 Å². The maximum atomic E-state index is 6.33. The summed E-state index contributed by atoms with van der Waals surface area (Å²) in [7, 11) is 0. The van der Waals surface area contributed by atoms with E-state index in [4.69, 9.17) is 10.5 Å². The summed E-state index contributed by atoms with van der Waals surface area (Å²) in [5.41, 5.74) is 8.90. The number of ether oxygens (including phenoxy) is 1. The lowest BCUT2D eigenvalue weighted by Crippen LogP contribution is -2.18. The van der Waals surface area contributed by atoms with Crippen LogP contribution >= 0.6 is 0 Å². The van der Waals surface area contributed by atoms with E-state index < -0.39 is 0 Å². The van der Waals surface area contributed by atoms with Crippen molar-refractivity contribution in [2.45, 2.75) is 32.2 Å². The molecule has 0 saturated heterocycles. The highest BCUT2D eigenvalue weighted by Crippen LogP contribution is 2.48. The van der Waals surface area contributed by atoms with Gasteiger partial charge < -0.3 is 10.5 Å². The minimum absolute atomic E-state index is 0.169. The Labute approximate surface area is 96.8 Å². The average Bonchev–Trinajstić information content (AvgIpc) is 3.05. The van der Waals surface area contributed by atoms with E-state index in [0.29, 0.717) is 5.92 Å². The van der Waals surface area contributed by atoms with Crippen molar-refractivity contribution >= 4 is 0 Å². The Morgan fingerprint density at radius 1 is 1.44 bits per heavy atom. The van der Waals surface area contributed by atoms with E-state index >= 15 is 0 Å². The monoisotopic (exact) mass is 217 g/mol. The Balaban J connectivity index is 1.94. The maximum Gasteiger partial charge on any atom is 0.127 e. The molecule has 1 aromatic carbocycles. The molecule has 16 heavy (non-hydrogen) atoms. The van der Waals surface area contributed by atoms with Gasteiger partial charge in [-0.1, -0.05) is 25.1 Å². The van der Waals surface area contributed by atoms with Crippen molar-refractivity contribution in [1.29, 1.82) is 0 Å². The van der Waals surface area contributed by atoms with Gasteiger partial charge in [0.05, 0.1) is 6.61 Å². The summed E-state index contributed by atoms with van der Waals surface area (Å²) < 4.78 is 5.81. The molecule has 1 fully saturated rings. The van der Waals surface area contributed by atoms with Gasteiger partial charge in [-0.3, -0.25) is 0 Å². The molecular formula is C14H19NO. The van der Waals surface area contributed by atoms with Crippen LogP contribution in [0.15, 0.2) is 18.2 Å². The molecule has 1 saturated carbocycles. The number of para-hydroxylation sites is 1. The Bertz CT molecular complexity index is 402. The zero-order valence-corrected chi connectivity index (χ0v) is 9.78. The minimum Gasteiger partial charge on any atom is -0.493 e. The summed E-state index contributed by atoms with van der Waals surface area (Å²) in [5.74, 6) is 2.53. The van der Waals surface area contributed by atoms with Crippen molar-refractivity contribution in [3.05, 3.63) is 29.3 Å². The molecule has 0 spiro atoms. The van der Waals surface area contributed by atoms with Crippen LogP contribution in [-0.4, -0.2) is 6.61 Å². The fraction of sp³-hybridized carbons (Fsp3) is 0.571. The van der Waals surface area contributed by atoms with Crippen LogP contribution < -0.4 is 10.5 Å². The second kappa shape index (κ2) is 3.77. The van der Waals surface area contributed by atoms with E-state index in [1.54, 1.807) is 0 Å². The smallest absolute Gasteiger partial charge is 0.127 e. The van der Waals surface area contributed by atoms with Crippen LogP contribution in [0.5, 0.6) is 5.75 Å². The molecule has 1 heterocycles. The van der Waals surface area contributed by atoms with Gasteiger partial charge in [0.1, 0.15) is 5.75 Å². The van der Waals surface area contributed by atoms with E-state index in [9.17, 15) is 0 Å². The number of nitrogens with two attached hydrogens (primary N) is 1. The van der Waals surface area contributed by atoms with E-state index in [1.807, 2.05) is 0 Å². The van der Waals surface area contributed by atoms with Gasteiger partial charge >= 0.3 is 0 Å². The lowest BCUT2D eigenvalue weighted by molar-refractivity contribution is 0.282. The molecule has 2 N–H and O–H groups in total. The standard InChI is InChI=1S/C14H19NO/c1-9-8-12(9)13(15)11-6-2-4-10-5-3-7-16-14(10)11/h2,4,6,9,12-13H,3,5,7-8,15H2,1H3. The molecule has 0 amide bonds. The first-order chi connectivity index (χ1) is 7.77. The number of aryl methyl sites for hydroxylation is 1. The van der Waals surface area contributed by atoms with Gasteiger partial charge in [-0.05, 0) is 36.7 Å². The van der Waals surface area contributed by atoms with E-state index in [2.05, 4.69) is 25.1 Å². The quantitative estimate of drug-likeness (QED) is 0.826. The molecule has 3 atom stereocenters. The van der Waals surface area contributed by atoms with Crippen LogP contribution in [0.4, 0.5) is 0 Å². The molecule has 1 aromatic rings. The van der Waals surface area contributed by atoms with Gasteiger partial charge in [0, 0.05) is 11.6 Å². The number of hydrogen-bond acceptors (Lipinski definition) is 2. The summed E-state index contributed by atoms with van der Waals surface area (Å²) in [4.78, 5) is 0. The second-order valence-corrected chi connectivity index (χ2v) is 5.19. The highest BCUT2D eigenvalue weighted by atomic mass is 16.5. The molecule has 2 heteroatoms. The zero-order chi connectivity index (χ0) is 11.1. The lowest BCUT2D eigenvalue weighted by atomic mass is 9.95. The predicted molar refractivity (Wildman–Crippen MR) is 64.5 cm³/mol. The molecule has 0 radical (unpaired) electrons. The van der Waals surface area contributed by atoms with Gasteiger partial charge in [-0.2, -0.15) is 0 Å². The molecule has 3 unspecified atom stereocenters. The van der Waals surface area contributed by atoms with Crippen LogP contribution in [-0.2, 0) is 6.42 Å². The van der Waals surface area contributed by atoms with Gasteiger partial charge in [0.25, 0.3) is 0 Å². The molecule has 3 rings (SSSR count). The van der Waals surface area contributed by atoms with Crippen molar-refractivity contribution in [2.75, 3.05) is 6.61 Å². The van der Waals surface area contributed by atoms with Gasteiger partial charge in [0.15, 0.2) is 0 Å². The van der Waals surface area contributed by atoms with Crippen molar-refractivity contribution in [3.8, 4) is 5.75 Å². The number of hydrogen-bond donors (Lipinski definition) is 1. The summed E-state index contributed by atoms with van der Waals surface area (Å²) in [6.45, 7) is 3.12. The fourth-order valence-electron chi connectivity index (χ4n) is 2.76. The van der Waals surface area contributed by atoms with Crippen molar-refractivity contribution in [1.82, 2.24) is 0 Å². The lowest BCUT2D eigenvalue weighted by Gasteiger charge is -2.23. The Hall–Kier alpha value is -1.02. The number of fused-ring (bicyclic) bond motifs is 1. The zero-order valence-electron chi connectivity index (χ0n) is 9.78. The Morgan fingerprint density at radius 2 is 2.25 bits per heavy atom. The molecule has 0 aromatic heterocycles. The summed E-state index contributed by atoms with van der Waals surface area (Å²) in [5, 5.41) is 0.